The van der Waals surface area contributed by atoms with E-state index >= 15 is 0 Å². The summed E-state index contributed by atoms with van der Waals surface area (Å²) < 4.78 is 33.3. The Balaban J connectivity index is 2.61. The van der Waals surface area contributed by atoms with Crippen molar-refractivity contribution in [2.24, 2.45) is 0 Å². The van der Waals surface area contributed by atoms with E-state index in [0.29, 0.717) is 25.0 Å². The summed E-state index contributed by atoms with van der Waals surface area (Å²) in [5, 5.41) is 0.683. The van der Waals surface area contributed by atoms with Gasteiger partial charge < -0.3 is 9.47 Å². The number of ether oxygens (including phenoxy) is 2. The lowest BCUT2D eigenvalue weighted by molar-refractivity contribution is 0.300. The quantitative estimate of drug-likeness (QED) is 0.498. The Morgan fingerprint density at radius 2 is 1.95 bits per heavy atom. The van der Waals surface area contributed by atoms with Gasteiger partial charge in [0.15, 0.2) is 0 Å². The van der Waals surface area contributed by atoms with E-state index in [-0.39, 0.29) is 5.75 Å². The highest BCUT2D eigenvalue weighted by Crippen LogP contribution is 2.27. The van der Waals surface area contributed by atoms with E-state index in [4.69, 9.17) is 9.47 Å². The Bertz CT molecular complexity index is 514. The maximum absolute atomic E-state index is 11.1. The molecule has 1 rings (SSSR count). The van der Waals surface area contributed by atoms with E-state index in [2.05, 4.69) is 22.9 Å². The van der Waals surface area contributed by atoms with E-state index < -0.39 is 9.84 Å². The number of hydrogen-bond acceptors (Lipinski definition) is 4. The minimum absolute atomic E-state index is 0.142. The third kappa shape index (κ3) is 6.61. The molecule has 0 spiro atoms. The second kappa shape index (κ2) is 8.52. The molecule has 20 heavy (non-hydrogen) atoms. The molecule has 0 aliphatic heterocycles. The summed E-state index contributed by atoms with van der Waals surface area (Å²) in [5.41, 5.74) is 1.02. The smallest absolute Gasteiger partial charge is 0.147 e. The van der Waals surface area contributed by atoms with Crippen molar-refractivity contribution in [1.29, 1.82) is 0 Å². The van der Waals surface area contributed by atoms with Crippen molar-refractivity contribution in [2.45, 2.75) is 25.1 Å². The average Bonchev–Trinajstić information content (AvgIpc) is 2.40. The summed E-state index contributed by atoms with van der Waals surface area (Å²) >= 11 is 3.41. The Morgan fingerprint density at radius 3 is 2.55 bits per heavy atom. The van der Waals surface area contributed by atoms with Crippen molar-refractivity contribution in [3.8, 4) is 11.5 Å². The van der Waals surface area contributed by atoms with Gasteiger partial charge >= 0.3 is 0 Å². The molecule has 1 aromatic rings. The predicted molar refractivity (Wildman–Crippen MR) is 84.7 cm³/mol. The molecule has 0 aliphatic rings. The van der Waals surface area contributed by atoms with Gasteiger partial charge in [0.2, 0.25) is 0 Å². The molecule has 0 saturated heterocycles. The average molecular weight is 365 g/mol. The summed E-state index contributed by atoms with van der Waals surface area (Å²) in [6.45, 7) is 3.10. The van der Waals surface area contributed by atoms with Crippen molar-refractivity contribution in [3.05, 3.63) is 23.8 Å². The third-order valence-corrected chi connectivity index (χ3v) is 4.21. The van der Waals surface area contributed by atoms with Gasteiger partial charge in [-0.3, -0.25) is 0 Å². The lowest BCUT2D eigenvalue weighted by Gasteiger charge is -2.12. The second-order valence-electron chi connectivity index (χ2n) is 4.58. The van der Waals surface area contributed by atoms with Crippen LogP contribution in [0.4, 0.5) is 0 Å². The van der Waals surface area contributed by atoms with Gasteiger partial charge in [-0.2, -0.15) is 0 Å². The van der Waals surface area contributed by atoms with Crippen LogP contribution in [-0.4, -0.2) is 33.6 Å². The van der Waals surface area contributed by atoms with Crippen molar-refractivity contribution in [2.75, 3.05) is 25.2 Å². The van der Waals surface area contributed by atoms with Crippen LogP contribution in [-0.2, 0) is 15.2 Å². The summed E-state index contributed by atoms with van der Waals surface area (Å²) in [6, 6.07) is 5.72. The lowest BCUT2D eigenvalue weighted by Crippen LogP contribution is -2.08. The monoisotopic (exact) mass is 364 g/mol. The maximum atomic E-state index is 11.1. The van der Waals surface area contributed by atoms with E-state index in [1.54, 1.807) is 0 Å². The predicted octanol–water partition coefficient (Wildman–Crippen LogP) is 3.18. The topological polar surface area (TPSA) is 52.6 Å². The first-order chi connectivity index (χ1) is 9.46. The SMILES string of the molecule is CCCOc1ccc(CBr)c(OCCCS(C)(=O)=O)c1. The van der Waals surface area contributed by atoms with Crippen molar-refractivity contribution in [3.63, 3.8) is 0 Å². The minimum atomic E-state index is -2.93. The van der Waals surface area contributed by atoms with Crippen LogP contribution in [0.25, 0.3) is 0 Å². The van der Waals surface area contributed by atoms with E-state index in [1.807, 2.05) is 18.2 Å². The van der Waals surface area contributed by atoms with Crippen molar-refractivity contribution < 1.29 is 17.9 Å². The molecule has 0 bridgehead atoms. The molecule has 0 atom stereocenters. The molecule has 114 valence electrons. The fourth-order valence-electron chi connectivity index (χ4n) is 1.59. The number of hydrogen-bond donors (Lipinski definition) is 0. The Kier molecular flexibility index (Phi) is 7.37. The highest BCUT2D eigenvalue weighted by molar-refractivity contribution is 9.08. The summed E-state index contributed by atoms with van der Waals surface area (Å²) in [6.07, 6.45) is 2.67. The van der Waals surface area contributed by atoms with Crippen LogP contribution in [0, 0.1) is 0 Å². The molecule has 0 radical (unpaired) electrons. The van der Waals surface area contributed by atoms with Gasteiger partial charge in [-0.1, -0.05) is 28.9 Å². The summed E-state index contributed by atoms with van der Waals surface area (Å²) in [4.78, 5) is 0. The van der Waals surface area contributed by atoms with E-state index in [9.17, 15) is 8.42 Å². The molecular weight excluding hydrogens is 344 g/mol. The molecule has 0 amide bonds. The van der Waals surface area contributed by atoms with Crippen LogP contribution >= 0.6 is 15.9 Å². The van der Waals surface area contributed by atoms with Crippen LogP contribution in [0.3, 0.4) is 0 Å². The molecule has 0 unspecified atom stereocenters. The fourth-order valence-corrected chi connectivity index (χ4v) is 2.70. The van der Waals surface area contributed by atoms with Gasteiger partial charge in [0.1, 0.15) is 21.3 Å². The van der Waals surface area contributed by atoms with Gasteiger partial charge in [0, 0.05) is 23.2 Å². The van der Waals surface area contributed by atoms with Crippen LogP contribution in [0.1, 0.15) is 25.3 Å². The number of rotatable bonds is 9. The zero-order valence-electron chi connectivity index (χ0n) is 11.9. The van der Waals surface area contributed by atoms with E-state index in [0.717, 1.165) is 23.5 Å². The van der Waals surface area contributed by atoms with Crippen molar-refractivity contribution >= 4 is 25.8 Å². The molecule has 0 heterocycles. The number of sulfone groups is 1. The number of alkyl halides is 1. The molecular formula is C14H21BrO4S. The van der Waals surface area contributed by atoms with Crippen LogP contribution in [0.5, 0.6) is 11.5 Å². The minimum Gasteiger partial charge on any atom is -0.493 e. The van der Waals surface area contributed by atoms with Gasteiger partial charge in [-0.15, -0.1) is 0 Å². The Morgan fingerprint density at radius 1 is 1.20 bits per heavy atom. The number of halogens is 1. The molecule has 6 heteroatoms. The molecule has 0 saturated carbocycles. The normalized spacial score (nSPS) is 11.3. The second-order valence-corrected chi connectivity index (χ2v) is 7.40. The van der Waals surface area contributed by atoms with Crippen LogP contribution < -0.4 is 9.47 Å². The van der Waals surface area contributed by atoms with Gasteiger partial charge in [0.25, 0.3) is 0 Å². The molecule has 0 aromatic heterocycles. The molecule has 0 N–H and O–H groups in total. The van der Waals surface area contributed by atoms with Crippen molar-refractivity contribution in [1.82, 2.24) is 0 Å². The van der Waals surface area contributed by atoms with Crippen LogP contribution in [0.2, 0.25) is 0 Å². The first-order valence-corrected chi connectivity index (χ1v) is 9.76. The highest BCUT2D eigenvalue weighted by atomic mass is 79.9. The molecule has 0 fully saturated rings. The first kappa shape index (κ1) is 17.3. The maximum Gasteiger partial charge on any atom is 0.147 e. The van der Waals surface area contributed by atoms with Gasteiger partial charge in [-0.05, 0) is 18.9 Å². The summed E-state index contributed by atoms with van der Waals surface area (Å²) in [7, 11) is -2.93. The summed E-state index contributed by atoms with van der Waals surface area (Å²) in [5.74, 6) is 1.65. The largest absolute Gasteiger partial charge is 0.493 e. The zero-order chi connectivity index (χ0) is 15.0. The standard InChI is InChI=1S/C14H21BrO4S/c1-3-7-18-13-6-5-12(11-15)14(10-13)19-8-4-9-20(2,16)17/h5-6,10H,3-4,7-9,11H2,1-2H3. The fraction of sp³-hybridized carbons (Fsp3) is 0.571. The van der Waals surface area contributed by atoms with E-state index in [1.165, 1.54) is 6.26 Å². The van der Waals surface area contributed by atoms with Crippen LogP contribution in [0.15, 0.2) is 18.2 Å². The molecule has 0 aliphatic carbocycles. The highest BCUT2D eigenvalue weighted by Gasteiger charge is 2.07. The molecule has 4 nitrogen and oxygen atoms in total. The van der Waals surface area contributed by atoms with Gasteiger partial charge in [-0.25, -0.2) is 8.42 Å². The zero-order valence-corrected chi connectivity index (χ0v) is 14.3. The Hall–Kier alpha value is -0.750. The lowest BCUT2D eigenvalue weighted by atomic mass is 10.2. The molecule has 1 aromatic carbocycles. The first-order valence-electron chi connectivity index (χ1n) is 6.58. The number of benzene rings is 1. The third-order valence-electron chi connectivity index (χ3n) is 2.57. The Labute approximate surface area is 129 Å². The van der Waals surface area contributed by atoms with Gasteiger partial charge in [0.05, 0.1) is 19.0 Å².